The van der Waals surface area contributed by atoms with E-state index in [-0.39, 0.29) is 0 Å². The molecule has 1 aliphatic carbocycles. The van der Waals surface area contributed by atoms with E-state index in [1.807, 2.05) is 0 Å². The quantitative estimate of drug-likeness (QED) is 0.443. The Morgan fingerprint density at radius 2 is 1.81 bits per heavy atom. The molecule has 0 atom stereocenters. The molecule has 0 unspecified atom stereocenters. The van der Waals surface area contributed by atoms with Gasteiger partial charge in [-0.05, 0) is 30.0 Å². The fourth-order valence-electron chi connectivity index (χ4n) is 3.87. The summed E-state index contributed by atoms with van der Waals surface area (Å²) >= 11 is 0. The monoisotopic (exact) mass is 427 g/mol. The molecule has 2 heterocycles. The Balaban J connectivity index is 0.000000196. The van der Waals surface area contributed by atoms with Crippen molar-refractivity contribution in [3.05, 3.63) is 78.1 Å². The van der Waals surface area contributed by atoms with Crippen LogP contribution in [0.1, 0.15) is 30.4 Å². The normalized spacial score (nSPS) is 16.7. The maximum Gasteiger partial charge on any atom is 0.416 e. The van der Waals surface area contributed by atoms with Gasteiger partial charge >= 0.3 is 6.18 Å². The second-order valence-corrected chi connectivity index (χ2v) is 8.45. The number of hydrogen-bond donors (Lipinski definition) is 3. The number of aromatic amines is 1. The second kappa shape index (κ2) is 9.18. The summed E-state index contributed by atoms with van der Waals surface area (Å²) in [6, 6.07) is 13.2. The van der Waals surface area contributed by atoms with Crippen LogP contribution in [0.15, 0.2) is 67.0 Å². The van der Waals surface area contributed by atoms with Gasteiger partial charge < -0.3 is 15.6 Å². The van der Waals surface area contributed by atoms with E-state index in [0.717, 1.165) is 42.5 Å². The van der Waals surface area contributed by atoms with Crippen LogP contribution >= 0.6 is 0 Å². The van der Waals surface area contributed by atoms with E-state index in [1.54, 1.807) is 6.07 Å². The number of benzene rings is 2. The zero-order valence-corrected chi connectivity index (χ0v) is 17.4. The first kappa shape index (κ1) is 21.5. The van der Waals surface area contributed by atoms with Crippen molar-refractivity contribution < 1.29 is 13.2 Å². The van der Waals surface area contributed by atoms with Crippen LogP contribution in [-0.4, -0.2) is 18.1 Å². The lowest BCUT2D eigenvalue weighted by molar-refractivity contribution is -0.137. The summed E-state index contributed by atoms with van der Waals surface area (Å²) in [5.74, 6) is 1.47. The van der Waals surface area contributed by atoms with Gasteiger partial charge in [-0.1, -0.05) is 62.2 Å². The van der Waals surface area contributed by atoms with Gasteiger partial charge in [0.25, 0.3) is 0 Å². The number of fused-ring (bicyclic) bond motifs is 1. The second-order valence-electron chi connectivity index (χ2n) is 8.45. The van der Waals surface area contributed by atoms with Crippen molar-refractivity contribution in [2.75, 3.05) is 18.4 Å². The molecule has 164 valence electrons. The zero-order chi connectivity index (χ0) is 21.8. The molecule has 2 aromatic carbocycles. The molecule has 3 N–H and O–H groups in total. The molecule has 0 amide bonds. The lowest BCUT2D eigenvalue weighted by atomic mass is 9.81. The first-order valence-electron chi connectivity index (χ1n) is 10.8. The smallest absolute Gasteiger partial charge is 0.359 e. The molecule has 1 saturated carbocycles. The van der Waals surface area contributed by atoms with Crippen molar-refractivity contribution in [3.8, 4) is 0 Å². The lowest BCUT2D eigenvalue weighted by Crippen LogP contribution is -2.44. The minimum absolute atomic E-state index is 0.563. The lowest BCUT2D eigenvalue weighted by Gasteiger charge is -2.29. The number of anilines is 1. The minimum Gasteiger partial charge on any atom is -0.359 e. The van der Waals surface area contributed by atoms with E-state index in [9.17, 15) is 13.2 Å². The Morgan fingerprint density at radius 3 is 2.35 bits per heavy atom. The van der Waals surface area contributed by atoms with Gasteiger partial charge in [0, 0.05) is 41.8 Å². The molecule has 2 fully saturated rings. The van der Waals surface area contributed by atoms with Gasteiger partial charge in [0.05, 0.1) is 11.3 Å². The van der Waals surface area contributed by atoms with Crippen molar-refractivity contribution in [1.82, 2.24) is 10.3 Å². The predicted molar refractivity (Wildman–Crippen MR) is 120 cm³/mol. The molecule has 2 aliphatic rings. The summed E-state index contributed by atoms with van der Waals surface area (Å²) in [6.07, 6.45) is 3.31. The van der Waals surface area contributed by atoms with Crippen molar-refractivity contribution >= 4 is 16.6 Å². The van der Waals surface area contributed by atoms with Gasteiger partial charge in [-0.25, -0.2) is 0 Å². The van der Waals surface area contributed by atoms with Gasteiger partial charge in [0.1, 0.15) is 0 Å². The minimum atomic E-state index is -4.21. The molecule has 0 bridgehead atoms. The average molecular weight is 428 g/mol. The molecule has 31 heavy (non-hydrogen) atoms. The largest absolute Gasteiger partial charge is 0.416 e. The molecule has 6 heteroatoms. The molecule has 1 saturated heterocycles. The van der Waals surface area contributed by atoms with E-state index in [1.165, 1.54) is 54.3 Å². The standard InChI is InChI=1S/C18H23N3.C7H5F3/c1-12(15-9-19-10-15)21-18-11-20-17-6-5-14(8-16(17)18)7-13-3-2-4-13;8-7(9,10)6-4-2-1-3-5-6/h5-6,8,11,13,15,19-21H,1-4,7,9-10H2;1-5H. The van der Waals surface area contributed by atoms with Crippen LogP contribution < -0.4 is 10.6 Å². The summed E-state index contributed by atoms with van der Waals surface area (Å²) in [5, 5.41) is 8.10. The Morgan fingerprint density at radius 1 is 1.06 bits per heavy atom. The molecule has 3 aromatic rings. The average Bonchev–Trinajstić information content (AvgIpc) is 3.06. The highest BCUT2D eigenvalue weighted by Gasteiger charge is 2.29. The molecule has 1 aliphatic heterocycles. The van der Waals surface area contributed by atoms with E-state index in [2.05, 4.69) is 46.6 Å². The van der Waals surface area contributed by atoms with Gasteiger partial charge in [-0.15, -0.1) is 0 Å². The summed E-state index contributed by atoms with van der Waals surface area (Å²) in [4.78, 5) is 3.36. The molecule has 1 aromatic heterocycles. The van der Waals surface area contributed by atoms with Crippen LogP contribution in [0, 0.1) is 11.8 Å². The third-order valence-electron chi connectivity index (χ3n) is 6.17. The van der Waals surface area contributed by atoms with Crippen molar-refractivity contribution in [2.24, 2.45) is 11.8 Å². The number of halogens is 3. The molecule has 0 radical (unpaired) electrons. The van der Waals surface area contributed by atoms with Gasteiger partial charge in [0.2, 0.25) is 0 Å². The van der Waals surface area contributed by atoms with Crippen LogP contribution in [0.25, 0.3) is 10.9 Å². The number of H-pyrrole nitrogens is 1. The van der Waals surface area contributed by atoms with E-state index in [0.29, 0.717) is 5.92 Å². The number of aromatic nitrogens is 1. The van der Waals surface area contributed by atoms with E-state index >= 15 is 0 Å². The number of hydrogen-bond acceptors (Lipinski definition) is 2. The van der Waals surface area contributed by atoms with Crippen molar-refractivity contribution in [1.29, 1.82) is 0 Å². The topological polar surface area (TPSA) is 39.9 Å². The molecular weight excluding hydrogens is 399 g/mol. The Labute approximate surface area is 180 Å². The maximum atomic E-state index is 11.8. The van der Waals surface area contributed by atoms with Crippen LogP contribution in [0.2, 0.25) is 0 Å². The Kier molecular flexibility index (Phi) is 6.37. The van der Waals surface area contributed by atoms with Gasteiger partial charge in [-0.3, -0.25) is 0 Å². The Bertz CT molecular complexity index is 1020. The highest BCUT2D eigenvalue weighted by molar-refractivity contribution is 5.93. The first-order valence-corrected chi connectivity index (χ1v) is 10.8. The molecule has 5 rings (SSSR count). The summed E-state index contributed by atoms with van der Waals surface area (Å²) in [6.45, 7) is 6.27. The highest BCUT2D eigenvalue weighted by atomic mass is 19.4. The SMILES string of the molecule is C=C(Nc1c[nH]c2ccc(CC3CCC3)cc12)C1CNC1.FC(F)(F)c1ccccc1. The molecule has 3 nitrogen and oxygen atoms in total. The predicted octanol–water partition coefficient (Wildman–Crippen LogP) is 6.36. The Hall–Kier alpha value is -2.73. The number of nitrogens with one attached hydrogen (secondary N) is 3. The van der Waals surface area contributed by atoms with Gasteiger partial charge in [-0.2, -0.15) is 13.2 Å². The number of alkyl halides is 3. The highest BCUT2D eigenvalue weighted by Crippen LogP contribution is 2.32. The first-order chi connectivity index (χ1) is 14.9. The van der Waals surface area contributed by atoms with Crippen LogP contribution in [0.3, 0.4) is 0 Å². The van der Waals surface area contributed by atoms with Crippen LogP contribution in [0.4, 0.5) is 18.9 Å². The summed E-state index contributed by atoms with van der Waals surface area (Å²) < 4.78 is 35.4. The third kappa shape index (κ3) is 5.31. The summed E-state index contributed by atoms with van der Waals surface area (Å²) in [5.41, 5.74) is 4.35. The summed E-state index contributed by atoms with van der Waals surface area (Å²) in [7, 11) is 0. The van der Waals surface area contributed by atoms with Gasteiger partial charge in [0.15, 0.2) is 0 Å². The third-order valence-corrected chi connectivity index (χ3v) is 6.17. The molecular formula is C25H28F3N3. The van der Waals surface area contributed by atoms with Crippen LogP contribution in [-0.2, 0) is 12.6 Å². The van der Waals surface area contributed by atoms with E-state index in [4.69, 9.17) is 0 Å². The zero-order valence-electron chi connectivity index (χ0n) is 17.4. The number of rotatable bonds is 5. The van der Waals surface area contributed by atoms with Crippen molar-refractivity contribution in [2.45, 2.75) is 31.9 Å². The van der Waals surface area contributed by atoms with E-state index < -0.39 is 11.7 Å². The fourth-order valence-corrected chi connectivity index (χ4v) is 3.87. The van der Waals surface area contributed by atoms with Crippen LogP contribution in [0.5, 0.6) is 0 Å². The molecule has 0 spiro atoms. The maximum absolute atomic E-state index is 11.8. The van der Waals surface area contributed by atoms with Crippen molar-refractivity contribution in [3.63, 3.8) is 0 Å². The fraction of sp³-hybridized carbons (Fsp3) is 0.360.